The Labute approximate surface area is 303 Å². The number of carbonyl (C=O) groups excluding carboxylic acids is 1. The van der Waals surface area contributed by atoms with Gasteiger partial charge in [0.05, 0.1) is 5.41 Å². The van der Waals surface area contributed by atoms with Gasteiger partial charge >= 0.3 is 11.9 Å². The minimum atomic E-state index is -1.28. The minimum absolute atomic E-state index is 0.0407. The summed E-state index contributed by atoms with van der Waals surface area (Å²) in [5.41, 5.74) is 1.71. The number of nitrogens with zero attached hydrogens (tertiary/aromatic N) is 1. The number of aromatic hydroxyl groups is 2. The van der Waals surface area contributed by atoms with Crippen LogP contribution in [-0.2, 0) is 16.6 Å². The highest BCUT2D eigenvalue weighted by Crippen LogP contribution is 2.40. The van der Waals surface area contributed by atoms with Crippen LogP contribution in [0.1, 0.15) is 69.7 Å². The smallest absolute Gasteiger partial charge is 0.339 e. The number of hydrogen-bond acceptors (Lipinski definition) is 6. The third kappa shape index (κ3) is 7.38. The van der Waals surface area contributed by atoms with Crippen LogP contribution < -0.4 is 0 Å². The molecule has 0 spiro atoms. The van der Waals surface area contributed by atoms with Crippen molar-refractivity contribution in [2.45, 2.75) is 44.6 Å². The molecule has 52 heavy (non-hydrogen) atoms. The summed E-state index contributed by atoms with van der Waals surface area (Å²) in [4.78, 5) is 38.6. The first kappa shape index (κ1) is 37.3. The van der Waals surface area contributed by atoms with Crippen LogP contribution in [0.3, 0.4) is 0 Å². The first-order valence-electron chi connectivity index (χ1n) is 17.1. The number of Topliss-reactive ketones (excluding diaryl/α,β-unsaturated/α-hetero) is 1. The topological polar surface area (TPSA) is 135 Å². The summed E-state index contributed by atoms with van der Waals surface area (Å²) < 4.78 is 0. The average Bonchev–Trinajstić information content (AvgIpc) is 3.15. The Morgan fingerprint density at radius 2 is 1.02 bits per heavy atom. The predicted octanol–water partition coefficient (Wildman–Crippen LogP) is 8.68. The SMILES string of the molecule is CCC(=O)C(CC(C)N(C)C)(c1ccccc1)c1ccccc1.O=C(O)c1cc2ccccc2c(Cc2c(O)c(C(=O)O)cc3ccccc23)c1O. The fourth-order valence-corrected chi connectivity index (χ4v) is 6.90. The molecule has 8 heteroatoms. The zero-order chi connectivity index (χ0) is 37.6. The Morgan fingerprint density at radius 3 is 1.38 bits per heavy atom. The van der Waals surface area contributed by atoms with Crippen LogP contribution in [0.15, 0.2) is 121 Å². The van der Waals surface area contributed by atoms with E-state index < -0.39 is 28.9 Å². The van der Waals surface area contributed by atoms with Gasteiger partial charge in [-0.1, -0.05) is 116 Å². The molecule has 0 saturated carbocycles. The van der Waals surface area contributed by atoms with Crippen LogP contribution in [0.25, 0.3) is 21.5 Å². The van der Waals surface area contributed by atoms with Gasteiger partial charge in [0.1, 0.15) is 28.4 Å². The van der Waals surface area contributed by atoms with Crippen molar-refractivity contribution in [1.82, 2.24) is 4.90 Å². The molecule has 266 valence electrons. The Kier molecular flexibility index (Phi) is 11.4. The largest absolute Gasteiger partial charge is 0.507 e. The molecular weight excluding hydrogens is 654 g/mol. The van der Waals surface area contributed by atoms with E-state index in [9.17, 15) is 34.8 Å². The molecule has 8 nitrogen and oxygen atoms in total. The predicted molar refractivity (Wildman–Crippen MR) is 205 cm³/mol. The molecule has 0 heterocycles. The fourth-order valence-electron chi connectivity index (χ4n) is 6.90. The number of ketones is 1. The number of fused-ring (bicyclic) bond motifs is 2. The second-order valence-electron chi connectivity index (χ2n) is 13.2. The highest BCUT2D eigenvalue weighted by molar-refractivity contribution is 6.02. The van der Waals surface area contributed by atoms with E-state index in [1.807, 2.05) is 43.3 Å². The maximum Gasteiger partial charge on any atom is 0.339 e. The van der Waals surface area contributed by atoms with Crippen molar-refractivity contribution in [2.24, 2.45) is 0 Å². The lowest BCUT2D eigenvalue weighted by Crippen LogP contribution is -2.42. The van der Waals surface area contributed by atoms with E-state index in [2.05, 4.69) is 50.2 Å². The molecule has 1 atom stereocenters. The summed E-state index contributed by atoms with van der Waals surface area (Å²) in [5, 5.41) is 42.8. The molecule has 0 aliphatic heterocycles. The third-order valence-corrected chi connectivity index (χ3v) is 9.88. The number of benzene rings is 6. The third-order valence-electron chi connectivity index (χ3n) is 9.88. The van der Waals surface area contributed by atoms with E-state index in [1.54, 1.807) is 48.5 Å². The van der Waals surface area contributed by atoms with E-state index in [-0.39, 0.29) is 23.3 Å². The van der Waals surface area contributed by atoms with E-state index in [4.69, 9.17) is 0 Å². The molecule has 6 aromatic rings. The van der Waals surface area contributed by atoms with Crippen molar-refractivity contribution < 1.29 is 34.8 Å². The standard InChI is InChI=1S/C23H16O6.C21H27NO/c24-20-16(14-7-3-1-5-12(14)9-18(20)22(26)27)11-17-15-8-4-2-6-13(15)10-19(21(17)25)23(28)29;1-5-20(23)21(16-17(2)22(3)4,18-12-8-6-9-13-18)19-14-10-7-11-15-19/h1-10,24-25H,11H2,(H,26,27)(H,28,29);6-15,17H,5,16H2,1-4H3. The van der Waals surface area contributed by atoms with Gasteiger partial charge in [-0.2, -0.15) is 0 Å². The van der Waals surface area contributed by atoms with Crippen molar-refractivity contribution in [3.63, 3.8) is 0 Å². The quantitative estimate of drug-likeness (QED) is 0.106. The number of aromatic carboxylic acids is 2. The maximum atomic E-state index is 13.2. The molecule has 0 radical (unpaired) electrons. The van der Waals surface area contributed by atoms with E-state index in [1.165, 1.54) is 12.1 Å². The van der Waals surface area contributed by atoms with Crippen LogP contribution in [-0.4, -0.2) is 63.2 Å². The lowest BCUT2D eigenvalue weighted by atomic mass is 9.67. The molecule has 6 rings (SSSR count). The van der Waals surface area contributed by atoms with Gasteiger partial charge in [0.25, 0.3) is 0 Å². The lowest BCUT2D eigenvalue weighted by Gasteiger charge is -2.37. The van der Waals surface area contributed by atoms with Crippen LogP contribution in [0.2, 0.25) is 0 Å². The summed E-state index contributed by atoms with van der Waals surface area (Å²) in [6.45, 7) is 4.15. The minimum Gasteiger partial charge on any atom is -0.507 e. The average molecular weight is 698 g/mol. The van der Waals surface area contributed by atoms with Crippen LogP contribution in [0.5, 0.6) is 11.5 Å². The summed E-state index contributed by atoms with van der Waals surface area (Å²) in [6.07, 6.45) is 1.27. The zero-order valence-corrected chi connectivity index (χ0v) is 29.7. The number of carboxylic acid groups (broad SMARTS) is 2. The zero-order valence-electron chi connectivity index (χ0n) is 29.7. The van der Waals surface area contributed by atoms with Crippen LogP contribution >= 0.6 is 0 Å². The van der Waals surface area contributed by atoms with Gasteiger partial charge in [-0.15, -0.1) is 0 Å². The van der Waals surface area contributed by atoms with E-state index in [0.717, 1.165) is 17.5 Å². The molecule has 4 N–H and O–H groups in total. The number of carbonyl (C=O) groups is 3. The molecule has 0 aliphatic carbocycles. The molecule has 1 unspecified atom stereocenters. The van der Waals surface area contributed by atoms with Crippen molar-refractivity contribution in [1.29, 1.82) is 0 Å². The van der Waals surface area contributed by atoms with Gasteiger partial charge in [-0.05, 0) is 72.2 Å². The Morgan fingerprint density at radius 1 is 0.635 bits per heavy atom. The van der Waals surface area contributed by atoms with Crippen LogP contribution in [0, 0.1) is 0 Å². The highest BCUT2D eigenvalue weighted by atomic mass is 16.4. The summed E-state index contributed by atoms with van der Waals surface area (Å²) in [7, 11) is 4.14. The maximum absolute atomic E-state index is 13.2. The van der Waals surface area contributed by atoms with Gasteiger partial charge in [-0.25, -0.2) is 9.59 Å². The second kappa shape index (κ2) is 15.9. The van der Waals surface area contributed by atoms with Gasteiger partial charge in [0.2, 0.25) is 0 Å². The monoisotopic (exact) mass is 697 g/mol. The van der Waals surface area contributed by atoms with Gasteiger partial charge in [-0.3, -0.25) is 4.79 Å². The number of carboxylic acids is 2. The molecule has 6 aromatic carbocycles. The summed E-state index contributed by atoms with van der Waals surface area (Å²) in [5.74, 6) is -3.07. The lowest BCUT2D eigenvalue weighted by molar-refractivity contribution is -0.123. The molecule has 0 fully saturated rings. The number of phenols is 2. The molecule has 0 saturated heterocycles. The first-order valence-corrected chi connectivity index (χ1v) is 17.1. The van der Waals surface area contributed by atoms with E-state index in [0.29, 0.717) is 45.1 Å². The fraction of sp³-hybridized carbons (Fsp3) is 0.205. The Bertz CT molecular complexity index is 2090. The first-order chi connectivity index (χ1) is 24.9. The second-order valence-corrected chi connectivity index (χ2v) is 13.2. The van der Waals surface area contributed by atoms with Crippen molar-refractivity contribution in [2.75, 3.05) is 14.1 Å². The molecule has 0 aromatic heterocycles. The Hall–Kier alpha value is -5.99. The normalized spacial score (nSPS) is 11.9. The van der Waals surface area contributed by atoms with Crippen LogP contribution in [0.4, 0.5) is 0 Å². The van der Waals surface area contributed by atoms with Gasteiger partial charge in [0, 0.05) is 30.0 Å². The highest BCUT2D eigenvalue weighted by Gasteiger charge is 2.41. The van der Waals surface area contributed by atoms with Crippen molar-refractivity contribution >= 4 is 39.3 Å². The molecular formula is C44H43NO7. The molecule has 0 aliphatic rings. The molecule has 0 amide bonds. The Balaban J connectivity index is 0.000000207. The number of hydrogen-bond donors (Lipinski definition) is 4. The summed E-state index contributed by atoms with van der Waals surface area (Å²) >= 11 is 0. The van der Waals surface area contributed by atoms with Crippen molar-refractivity contribution in [3.05, 3.63) is 155 Å². The molecule has 0 bridgehead atoms. The van der Waals surface area contributed by atoms with Crippen molar-refractivity contribution in [3.8, 4) is 11.5 Å². The van der Waals surface area contributed by atoms with E-state index >= 15 is 0 Å². The number of rotatable bonds is 11. The summed E-state index contributed by atoms with van der Waals surface area (Å²) in [6, 6.07) is 37.5. The van der Waals surface area contributed by atoms with Gasteiger partial charge in [0.15, 0.2) is 0 Å². The van der Waals surface area contributed by atoms with Gasteiger partial charge < -0.3 is 25.3 Å².